The van der Waals surface area contributed by atoms with Crippen LogP contribution in [0.1, 0.15) is 29.2 Å². The van der Waals surface area contributed by atoms with Crippen molar-refractivity contribution in [1.29, 1.82) is 0 Å². The number of rotatable bonds is 5. The Morgan fingerprint density at radius 1 is 1.04 bits per heavy atom. The van der Waals surface area contributed by atoms with Crippen molar-refractivity contribution in [2.75, 3.05) is 6.61 Å². The molecule has 0 fully saturated rings. The van der Waals surface area contributed by atoms with Crippen LogP contribution in [0.2, 0.25) is 0 Å². The topological polar surface area (TPSA) is 18.0 Å². The van der Waals surface area contributed by atoms with Crippen LogP contribution in [0.4, 0.5) is 0 Å². The summed E-state index contributed by atoms with van der Waals surface area (Å²) >= 11 is 0. The van der Waals surface area contributed by atoms with Crippen LogP contribution in [0.25, 0.3) is 5.69 Å². The molecule has 0 aliphatic heterocycles. The van der Waals surface area contributed by atoms with E-state index in [0.717, 1.165) is 18.0 Å². The van der Waals surface area contributed by atoms with Gasteiger partial charge in [0.15, 0.2) is 11.4 Å². The zero-order valence-corrected chi connectivity index (χ0v) is 14.9. The monoisotopic (exact) mass is 321 g/mol. The maximum absolute atomic E-state index is 5.74. The van der Waals surface area contributed by atoms with E-state index in [-0.39, 0.29) is 0 Å². The van der Waals surface area contributed by atoms with Crippen molar-refractivity contribution < 1.29 is 9.30 Å². The van der Waals surface area contributed by atoms with Crippen LogP contribution in [-0.2, 0) is 6.54 Å². The fourth-order valence-corrected chi connectivity index (χ4v) is 3.22. The molecule has 2 aromatic carbocycles. The zero-order chi connectivity index (χ0) is 17.1. The number of benzene rings is 2. The molecule has 0 N–H and O–H groups in total. The summed E-state index contributed by atoms with van der Waals surface area (Å²) in [5, 5.41) is 0. The third kappa shape index (κ3) is 3.35. The molecule has 24 heavy (non-hydrogen) atoms. The minimum absolute atomic E-state index is 0.667. The summed E-state index contributed by atoms with van der Waals surface area (Å²) in [5.41, 5.74) is 6.48. The molecule has 0 saturated heterocycles. The Labute approximate surface area is 144 Å². The Hall–Kier alpha value is -2.55. The molecule has 3 rings (SSSR count). The molecule has 1 heterocycles. The lowest BCUT2D eigenvalue weighted by molar-refractivity contribution is -0.687. The second-order valence-electron chi connectivity index (χ2n) is 6.27. The molecule has 3 aromatic rings. The molecule has 0 spiro atoms. The first-order chi connectivity index (χ1) is 11.6. The quantitative estimate of drug-likeness (QED) is 0.646. The van der Waals surface area contributed by atoms with Gasteiger partial charge in [0.2, 0.25) is 6.33 Å². The smallest absolute Gasteiger partial charge is 0.249 e. The largest absolute Gasteiger partial charge is 0.489 e. The number of nitrogens with zero attached hydrogens (tertiary/aromatic N) is 2. The number of hydrogen-bond donors (Lipinski definition) is 0. The average Bonchev–Trinajstić information content (AvgIpc) is 3.00. The Kier molecular flexibility index (Phi) is 4.70. The van der Waals surface area contributed by atoms with Gasteiger partial charge in [-0.05, 0) is 56.5 Å². The Bertz CT molecular complexity index is 826. The average molecular weight is 321 g/mol. The van der Waals surface area contributed by atoms with E-state index in [1.807, 2.05) is 25.1 Å². The predicted molar refractivity (Wildman–Crippen MR) is 96.9 cm³/mol. The molecule has 124 valence electrons. The second-order valence-corrected chi connectivity index (χ2v) is 6.27. The lowest BCUT2D eigenvalue weighted by Crippen LogP contribution is -2.32. The number of aromatic nitrogens is 2. The molecule has 0 atom stereocenters. The summed E-state index contributed by atoms with van der Waals surface area (Å²) in [7, 11) is 0. The van der Waals surface area contributed by atoms with Crippen LogP contribution in [0.5, 0.6) is 5.75 Å². The maximum atomic E-state index is 5.74. The van der Waals surface area contributed by atoms with Gasteiger partial charge in [-0.1, -0.05) is 29.8 Å². The summed E-state index contributed by atoms with van der Waals surface area (Å²) in [5.74, 6) is 0.908. The van der Waals surface area contributed by atoms with Gasteiger partial charge in [0.25, 0.3) is 0 Å². The highest BCUT2D eigenvalue weighted by Gasteiger charge is 2.13. The van der Waals surface area contributed by atoms with Gasteiger partial charge in [-0.2, -0.15) is 4.57 Å². The zero-order valence-electron chi connectivity index (χ0n) is 14.9. The van der Waals surface area contributed by atoms with E-state index in [1.165, 1.54) is 22.3 Å². The summed E-state index contributed by atoms with van der Waals surface area (Å²) in [6.45, 7) is 10.1. The fourth-order valence-electron chi connectivity index (χ4n) is 3.22. The summed E-state index contributed by atoms with van der Waals surface area (Å²) < 4.78 is 10.1. The van der Waals surface area contributed by atoms with E-state index in [0.29, 0.717) is 6.61 Å². The molecule has 0 aliphatic rings. The van der Waals surface area contributed by atoms with Crippen LogP contribution in [0.15, 0.2) is 55.1 Å². The molecule has 0 aliphatic carbocycles. The van der Waals surface area contributed by atoms with Gasteiger partial charge >= 0.3 is 0 Å². The highest BCUT2D eigenvalue weighted by Crippen LogP contribution is 2.22. The lowest BCUT2D eigenvalue weighted by Gasteiger charge is -2.09. The third-order valence-corrected chi connectivity index (χ3v) is 4.32. The van der Waals surface area contributed by atoms with Gasteiger partial charge < -0.3 is 4.74 Å². The van der Waals surface area contributed by atoms with Crippen LogP contribution in [0.3, 0.4) is 0 Å². The Morgan fingerprint density at radius 2 is 1.75 bits per heavy atom. The number of ether oxygens (including phenoxy) is 1. The number of imidazole rings is 1. The molecule has 0 saturated carbocycles. The summed E-state index contributed by atoms with van der Waals surface area (Å²) in [4.78, 5) is 0. The van der Waals surface area contributed by atoms with Gasteiger partial charge in [0, 0.05) is 0 Å². The van der Waals surface area contributed by atoms with Gasteiger partial charge in [-0.25, -0.2) is 4.57 Å². The summed E-state index contributed by atoms with van der Waals surface area (Å²) in [6, 6.07) is 12.6. The molecule has 1 aromatic heterocycles. The highest BCUT2D eigenvalue weighted by molar-refractivity contribution is 5.46. The van der Waals surface area contributed by atoms with Crippen LogP contribution in [-0.4, -0.2) is 11.2 Å². The van der Waals surface area contributed by atoms with Crippen LogP contribution in [0, 0.1) is 20.8 Å². The predicted octanol–water partition coefficient (Wildman–Crippen LogP) is 4.14. The van der Waals surface area contributed by atoms with Crippen molar-refractivity contribution >= 4 is 0 Å². The maximum Gasteiger partial charge on any atom is 0.249 e. The number of para-hydroxylation sites is 2. The minimum Gasteiger partial charge on any atom is -0.489 e. The van der Waals surface area contributed by atoms with Crippen molar-refractivity contribution in [2.45, 2.75) is 34.2 Å². The van der Waals surface area contributed by atoms with Crippen molar-refractivity contribution in [3.63, 3.8) is 0 Å². The van der Waals surface area contributed by atoms with Crippen LogP contribution >= 0.6 is 0 Å². The molecule has 0 unspecified atom stereocenters. The highest BCUT2D eigenvalue weighted by atomic mass is 16.5. The van der Waals surface area contributed by atoms with Crippen molar-refractivity contribution in [3.8, 4) is 11.4 Å². The number of aryl methyl sites for hydroxylation is 3. The molecule has 3 nitrogen and oxygen atoms in total. The first kappa shape index (κ1) is 16.3. The van der Waals surface area contributed by atoms with Crippen LogP contribution < -0.4 is 9.30 Å². The van der Waals surface area contributed by atoms with E-state index in [9.17, 15) is 0 Å². The van der Waals surface area contributed by atoms with Crippen molar-refractivity contribution in [3.05, 3.63) is 77.4 Å². The minimum atomic E-state index is 0.667. The fraction of sp³-hybridized carbons (Fsp3) is 0.286. The van der Waals surface area contributed by atoms with Gasteiger partial charge in [0.1, 0.15) is 18.9 Å². The normalized spacial score (nSPS) is 10.8. The van der Waals surface area contributed by atoms with Gasteiger partial charge in [-0.3, -0.25) is 0 Å². The van der Waals surface area contributed by atoms with Gasteiger partial charge in [0.05, 0.1) is 6.61 Å². The SMILES string of the molecule is CCOc1ccccc1-n1cc[n+](Cc2c(C)cc(C)cc2C)c1. The standard InChI is InChI=1S/C21H25N2O/c1-5-24-21-9-7-6-8-20(21)23-11-10-22(15-23)14-19-17(3)12-16(2)13-18(19)4/h6-13,15H,5,14H2,1-4H3/q+1. The van der Waals surface area contributed by atoms with Crippen molar-refractivity contribution in [1.82, 2.24) is 4.57 Å². The van der Waals surface area contributed by atoms with E-state index in [2.05, 4.69) is 66.8 Å². The van der Waals surface area contributed by atoms with E-state index in [1.54, 1.807) is 0 Å². The van der Waals surface area contributed by atoms with E-state index in [4.69, 9.17) is 4.74 Å². The Balaban J connectivity index is 1.90. The first-order valence-corrected chi connectivity index (χ1v) is 8.44. The lowest BCUT2D eigenvalue weighted by atomic mass is 10.00. The Morgan fingerprint density at radius 3 is 2.46 bits per heavy atom. The van der Waals surface area contributed by atoms with Gasteiger partial charge in [-0.15, -0.1) is 0 Å². The van der Waals surface area contributed by atoms with E-state index >= 15 is 0 Å². The number of hydrogen-bond acceptors (Lipinski definition) is 1. The molecule has 0 bridgehead atoms. The van der Waals surface area contributed by atoms with Crippen molar-refractivity contribution in [2.24, 2.45) is 0 Å². The molecule has 3 heteroatoms. The van der Waals surface area contributed by atoms with E-state index < -0.39 is 0 Å². The molecule has 0 amide bonds. The molecule has 0 radical (unpaired) electrons. The third-order valence-electron chi connectivity index (χ3n) is 4.32. The molecular weight excluding hydrogens is 296 g/mol. The molecular formula is C21H25N2O+. The second kappa shape index (κ2) is 6.91. The summed E-state index contributed by atoms with van der Waals surface area (Å²) in [6.07, 6.45) is 6.31. The first-order valence-electron chi connectivity index (χ1n) is 8.44.